The third-order valence-corrected chi connectivity index (χ3v) is 10.6. The number of carbonyl (C=O) groups excluding carboxylic acids is 8. The third-order valence-electron chi connectivity index (χ3n) is 10.3. The van der Waals surface area contributed by atoms with Crippen molar-refractivity contribution in [3.8, 4) is 5.75 Å². The van der Waals surface area contributed by atoms with E-state index < -0.39 is 120 Å². The highest BCUT2D eigenvalue weighted by molar-refractivity contribution is 7.96. The molecular weight excluding hydrogens is 869 g/mol. The second kappa shape index (κ2) is 30.8. The summed E-state index contributed by atoms with van der Waals surface area (Å²) in [4.78, 5) is 104. The van der Waals surface area contributed by atoms with Crippen LogP contribution in [-0.4, -0.2) is 149 Å². The molecule has 1 aromatic rings. The molecule has 1 unspecified atom stereocenters. The van der Waals surface area contributed by atoms with Gasteiger partial charge in [-0.15, -0.1) is 12.6 Å². The normalized spacial score (nSPS) is 15.8. The standard InChI is InChI=1S/C41H72N12O11S/c1-7-22(4)34(50-39(63)30(20-54)49-33(59)19-48-51-29(40(64)65)16-25-10-12-26(56)13-11-25)37(61)36(60)28(15-21(2)3)47-17-31(57)23(5)46-18-32(58)27(9-8-14-45-41(43)44)52-53-35(24(6)55)38(42)62/h10-13,21-24,27-30,34-35,41,45-48,51-56H,7-9,14-20,43-44H2,1-6H3,(H2,42,62)(H,49,59)(H,50,63)(H,64,65)/t22-,23-,24+,27-,28-,29-,30-,34?,35-/m0/s1. The molecule has 0 aromatic heterocycles. The van der Waals surface area contributed by atoms with Gasteiger partial charge in [0.2, 0.25) is 34.4 Å². The number of Topliss-reactive ketones (excluding diaryl/α,β-unsaturated/α-hetero) is 4. The topological polar surface area (TPSA) is 384 Å². The molecule has 9 atom stereocenters. The Bertz CT molecular complexity index is 1710. The zero-order chi connectivity index (χ0) is 49.4. The van der Waals surface area contributed by atoms with Crippen molar-refractivity contribution in [2.24, 2.45) is 29.0 Å². The van der Waals surface area contributed by atoms with Crippen LogP contribution in [0, 0.1) is 11.8 Å². The summed E-state index contributed by atoms with van der Waals surface area (Å²) in [5.74, 6) is -5.88. The van der Waals surface area contributed by atoms with Crippen molar-refractivity contribution in [2.45, 2.75) is 128 Å². The number of phenols is 1. The van der Waals surface area contributed by atoms with Gasteiger partial charge >= 0.3 is 0 Å². The molecule has 0 spiro atoms. The predicted octanol–water partition coefficient (Wildman–Crippen LogP) is -4.61. The van der Waals surface area contributed by atoms with E-state index in [4.69, 9.17) is 17.2 Å². The van der Waals surface area contributed by atoms with E-state index in [1.807, 2.05) is 13.8 Å². The number of aromatic hydroxyl groups is 1. The van der Waals surface area contributed by atoms with Crippen LogP contribution in [-0.2, 0) is 44.8 Å². The smallest absolute Gasteiger partial charge is 0.245 e. The van der Waals surface area contributed by atoms with Crippen LogP contribution in [0.5, 0.6) is 5.75 Å². The first-order valence-electron chi connectivity index (χ1n) is 21.5. The van der Waals surface area contributed by atoms with E-state index >= 15 is 0 Å². The van der Waals surface area contributed by atoms with E-state index in [1.54, 1.807) is 26.0 Å². The zero-order valence-corrected chi connectivity index (χ0v) is 38.9. The summed E-state index contributed by atoms with van der Waals surface area (Å²) in [6.07, 6.45) is -0.611. The lowest BCUT2D eigenvalue weighted by Crippen LogP contribution is -2.59. The number of amides is 3. The number of aliphatic hydroxyl groups excluding tert-OH is 2. The average molecular weight is 941 g/mol. The van der Waals surface area contributed by atoms with Crippen LogP contribution in [0.2, 0.25) is 0 Å². The molecule has 65 heavy (non-hydrogen) atoms. The average Bonchev–Trinajstić information content (AvgIpc) is 3.24. The molecule has 0 heterocycles. The first kappa shape index (κ1) is 58.7. The molecule has 0 radical (unpaired) electrons. The van der Waals surface area contributed by atoms with Gasteiger partial charge in [-0.1, -0.05) is 46.2 Å². The minimum Gasteiger partial charge on any atom is -0.508 e. The monoisotopic (exact) mass is 941 g/mol. The second-order valence-electron chi connectivity index (χ2n) is 16.3. The summed E-state index contributed by atoms with van der Waals surface area (Å²) in [6, 6.07) is -1.75. The highest BCUT2D eigenvalue weighted by atomic mass is 32.1. The van der Waals surface area contributed by atoms with E-state index in [0.29, 0.717) is 24.9 Å². The number of rotatable bonds is 36. The van der Waals surface area contributed by atoms with E-state index in [0.717, 1.165) is 0 Å². The molecule has 0 fully saturated rings. The maximum Gasteiger partial charge on any atom is 0.245 e. The van der Waals surface area contributed by atoms with Crippen LogP contribution in [0.1, 0.15) is 72.8 Å². The first-order valence-corrected chi connectivity index (χ1v) is 22.0. The SMILES string of the molecule is CC[C@H](C)C(NC(=O)[C@H](CO)NC(=O)CNN[C@@H](Cc1ccc(O)cc1)C(=O)S)C(=O)C(=O)[C@H](CC(C)C)NCC(=O)[C@H](C)NCC(=O)[C@H](CCCNC(N)N)NN[C@H](C(N)=O)[C@@H](C)O. The van der Waals surface area contributed by atoms with Gasteiger partial charge in [-0.3, -0.25) is 43.7 Å². The minimum absolute atomic E-state index is 0.0484. The summed E-state index contributed by atoms with van der Waals surface area (Å²) in [6.45, 7) is 8.28. The van der Waals surface area contributed by atoms with Gasteiger partial charge in [0.25, 0.3) is 0 Å². The van der Waals surface area contributed by atoms with Crippen molar-refractivity contribution < 1.29 is 53.7 Å². The lowest BCUT2D eigenvalue weighted by atomic mass is 9.88. The molecule has 0 saturated carbocycles. The molecule has 24 heteroatoms. The number of aliphatic hydroxyl groups is 2. The number of nitrogens with two attached hydrogens (primary N) is 3. The summed E-state index contributed by atoms with van der Waals surface area (Å²) in [7, 11) is 0. The molecule has 3 amide bonds. The van der Waals surface area contributed by atoms with Gasteiger partial charge in [-0.05, 0) is 75.6 Å². The van der Waals surface area contributed by atoms with Crippen LogP contribution in [0.15, 0.2) is 24.3 Å². The van der Waals surface area contributed by atoms with Crippen molar-refractivity contribution in [3.63, 3.8) is 0 Å². The highest BCUT2D eigenvalue weighted by Crippen LogP contribution is 2.15. The Labute approximate surface area is 385 Å². The number of hydrogen-bond acceptors (Lipinski definition) is 20. The lowest BCUT2D eigenvalue weighted by Gasteiger charge is -2.27. The number of phenolic OH excluding ortho intramolecular Hbond substituents is 1. The van der Waals surface area contributed by atoms with E-state index in [2.05, 4.69) is 60.9 Å². The quantitative estimate of drug-likeness (QED) is 0.00989. The largest absolute Gasteiger partial charge is 0.508 e. The Balaban J connectivity index is 2.95. The van der Waals surface area contributed by atoms with Gasteiger partial charge in [-0.2, -0.15) is 0 Å². The molecule has 0 aliphatic carbocycles. The summed E-state index contributed by atoms with van der Waals surface area (Å²) >= 11 is 3.88. The fraction of sp³-hybridized carbons (Fsp3) is 0.659. The summed E-state index contributed by atoms with van der Waals surface area (Å²) < 4.78 is 0. The van der Waals surface area contributed by atoms with Gasteiger partial charge in [0.1, 0.15) is 24.1 Å². The first-order chi connectivity index (χ1) is 30.5. The van der Waals surface area contributed by atoms with E-state index in [9.17, 15) is 53.7 Å². The fourth-order valence-corrected chi connectivity index (χ4v) is 6.33. The van der Waals surface area contributed by atoms with Crippen molar-refractivity contribution in [1.29, 1.82) is 0 Å². The van der Waals surface area contributed by atoms with Gasteiger partial charge in [0.15, 0.2) is 11.6 Å². The number of hydrogen-bond donors (Lipinski definition) is 16. The molecule has 1 rings (SSSR count). The van der Waals surface area contributed by atoms with E-state index in [1.165, 1.54) is 26.0 Å². The maximum absolute atomic E-state index is 13.8. The minimum atomic E-state index is -1.52. The highest BCUT2D eigenvalue weighted by Gasteiger charge is 2.37. The number of nitrogens with one attached hydrogen (secondary N) is 9. The second-order valence-corrected chi connectivity index (χ2v) is 16.8. The third kappa shape index (κ3) is 22.6. The van der Waals surface area contributed by atoms with Crippen LogP contribution in [0.25, 0.3) is 0 Å². The zero-order valence-electron chi connectivity index (χ0n) is 38.0. The fourth-order valence-electron chi connectivity index (χ4n) is 6.17. The number of hydrazine groups is 2. The van der Waals surface area contributed by atoms with Gasteiger partial charge in [-0.25, -0.2) is 21.7 Å². The molecule has 0 bridgehead atoms. The molecule has 0 aliphatic rings. The van der Waals surface area contributed by atoms with Crippen LogP contribution < -0.4 is 65.5 Å². The molecule has 0 saturated heterocycles. The maximum atomic E-state index is 13.8. The van der Waals surface area contributed by atoms with Gasteiger partial charge in [0, 0.05) is 0 Å². The number of thiol groups is 1. The molecule has 1 aromatic carbocycles. The predicted molar refractivity (Wildman–Crippen MR) is 244 cm³/mol. The van der Waals surface area contributed by atoms with Crippen molar-refractivity contribution in [1.82, 2.24) is 48.3 Å². The Hall–Kier alpha value is -4.31. The van der Waals surface area contributed by atoms with Crippen LogP contribution >= 0.6 is 12.6 Å². The van der Waals surface area contributed by atoms with Gasteiger partial charge < -0.3 is 53.8 Å². The van der Waals surface area contributed by atoms with Crippen molar-refractivity contribution in [2.75, 3.05) is 32.8 Å². The summed E-state index contributed by atoms with van der Waals surface area (Å²) in [5, 5.41) is 42.3. The number of benzene rings is 1. The molecule has 0 aliphatic heterocycles. The Kier molecular flexibility index (Phi) is 27.8. The van der Waals surface area contributed by atoms with Crippen molar-refractivity contribution >= 4 is 58.6 Å². The lowest BCUT2D eigenvalue weighted by molar-refractivity contribution is -0.141. The van der Waals surface area contributed by atoms with E-state index in [-0.39, 0.29) is 44.0 Å². The van der Waals surface area contributed by atoms with Crippen molar-refractivity contribution in [3.05, 3.63) is 29.8 Å². The molecular formula is C41H72N12O11S. The number of ketones is 4. The Morgan fingerprint density at radius 3 is 1.91 bits per heavy atom. The summed E-state index contributed by atoms with van der Waals surface area (Å²) in [5.41, 5.74) is 27.7. The van der Waals surface area contributed by atoms with Crippen LogP contribution in [0.3, 0.4) is 0 Å². The number of primary amides is 1. The molecule has 368 valence electrons. The number of carbonyl (C=O) groups is 8. The Morgan fingerprint density at radius 1 is 0.738 bits per heavy atom. The van der Waals surface area contributed by atoms with Crippen LogP contribution in [0.4, 0.5) is 0 Å². The van der Waals surface area contributed by atoms with Gasteiger partial charge in [0.05, 0.1) is 62.6 Å². The molecule has 23 nitrogen and oxygen atoms in total. The Morgan fingerprint density at radius 2 is 1.37 bits per heavy atom. The molecule has 18 N–H and O–H groups in total.